The second-order valence-corrected chi connectivity index (χ2v) is 2.39. The molecule has 4 nitrogen and oxygen atoms in total. The van der Waals surface area contributed by atoms with E-state index in [4.69, 9.17) is 0 Å². The van der Waals surface area contributed by atoms with Gasteiger partial charge in [0, 0.05) is 11.5 Å². The van der Waals surface area contributed by atoms with E-state index >= 15 is 0 Å². The van der Waals surface area contributed by atoms with Crippen LogP contribution in [0.2, 0.25) is 0 Å². The number of nitrogens with zero attached hydrogens (tertiary/aromatic N) is 1. The fourth-order valence-electron chi connectivity index (χ4n) is 0.460. The molecule has 0 saturated carbocycles. The number of nitrogens with one attached hydrogen (secondary N) is 1. The molecule has 1 aliphatic heterocycles. The summed E-state index contributed by atoms with van der Waals surface area (Å²) in [5, 5.41) is 9.38. The lowest BCUT2D eigenvalue weighted by Crippen LogP contribution is -2.11. The van der Waals surface area contributed by atoms with Crippen LogP contribution in [0.1, 0.15) is 0 Å². The second kappa shape index (κ2) is 2.32. The standard InChI is InChI=1S/C3H5N2O2S/c6-5(7)3-1-2-4-8-3/h1,3-4H,2H2. The van der Waals surface area contributed by atoms with E-state index in [2.05, 4.69) is 4.72 Å². The highest BCUT2D eigenvalue weighted by molar-refractivity contribution is 7.98. The molecule has 1 rings (SSSR count). The molecular formula is C3H5N2O2S. The van der Waals surface area contributed by atoms with Crippen molar-refractivity contribution in [2.24, 2.45) is 0 Å². The van der Waals surface area contributed by atoms with Gasteiger partial charge in [-0.25, -0.2) is 0 Å². The average Bonchev–Trinajstić information content (AvgIpc) is 2.12. The molecule has 0 aromatic rings. The molecule has 1 atom stereocenters. The Balaban J connectivity index is 2.35. The third-order valence-electron chi connectivity index (χ3n) is 0.815. The van der Waals surface area contributed by atoms with E-state index in [0.29, 0.717) is 6.54 Å². The number of hydrogen-bond acceptors (Lipinski definition) is 4. The van der Waals surface area contributed by atoms with E-state index < -0.39 is 5.37 Å². The van der Waals surface area contributed by atoms with Crippen LogP contribution in [0.25, 0.3) is 0 Å². The summed E-state index contributed by atoms with van der Waals surface area (Å²) in [6.07, 6.45) is 1.63. The van der Waals surface area contributed by atoms with Crippen LogP contribution < -0.4 is 4.72 Å². The lowest BCUT2D eigenvalue weighted by Gasteiger charge is -1.93. The highest BCUT2D eigenvalue weighted by Crippen LogP contribution is 2.15. The van der Waals surface area contributed by atoms with Crippen molar-refractivity contribution in [2.45, 2.75) is 5.37 Å². The molecule has 0 aromatic heterocycles. The van der Waals surface area contributed by atoms with E-state index in [1.54, 1.807) is 6.42 Å². The molecule has 0 bridgehead atoms. The summed E-state index contributed by atoms with van der Waals surface area (Å²) in [6, 6.07) is 0. The number of rotatable bonds is 1. The third-order valence-corrected chi connectivity index (χ3v) is 1.75. The van der Waals surface area contributed by atoms with Crippen LogP contribution in [0.15, 0.2) is 0 Å². The van der Waals surface area contributed by atoms with Gasteiger partial charge in [-0.3, -0.25) is 14.8 Å². The SMILES string of the molecule is O=[N+]([O-])C1[CH]CNS1. The van der Waals surface area contributed by atoms with Crippen LogP contribution >= 0.6 is 11.9 Å². The lowest BCUT2D eigenvalue weighted by atomic mass is 10.4. The Kier molecular flexibility index (Phi) is 1.69. The molecule has 1 aliphatic rings. The van der Waals surface area contributed by atoms with Gasteiger partial charge in [-0.1, -0.05) is 0 Å². The molecule has 5 heteroatoms. The maximum Gasteiger partial charge on any atom is 0.276 e. The molecule has 8 heavy (non-hydrogen) atoms. The Bertz CT molecular complexity index is 101. The summed E-state index contributed by atoms with van der Waals surface area (Å²) >= 11 is 1.15. The summed E-state index contributed by atoms with van der Waals surface area (Å²) in [5.41, 5.74) is 0. The maximum atomic E-state index is 9.92. The van der Waals surface area contributed by atoms with Crippen molar-refractivity contribution in [1.82, 2.24) is 4.72 Å². The van der Waals surface area contributed by atoms with Crippen molar-refractivity contribution in [1.29, 1.82) is 0 Å². The molecule has 1 radical (unpaired) electrons. The van der Waals surface area contributed by atoms with Crippen molar-refractivity contribution >= 4 is 11.9 Å². The molecule has 0 aromatic carbocycles. The van der Waals surface area contributed by atoms with Crippen molar-refractivity contribution in [3.63, 3.8) is 0 Å². The molecular weight excluding hydrogens is 128 g/mol. The first-order chi connectivity index (χ1) is 3.80. The predicted octanol–water partition coefficient (Wildman–Crippen LogP) is 0.0449. The smallest absolute Gasteiger partial charge is 0.263 e. The minimum Gasteiger partial charge on any atom is -0.263 e. The van der Waals surface area contributed by atoms with Gasteiger partial charge in [0.25, 0.3) is 5.37 Å². The predicted molar refractivity (Wildman–Crippen MR) is 30.7 cm³/mol. The summed E-state index contributed by atoms with van der Waals surface area (Å²) in [6.45, 7) is 0.635. The van der Waals surface area contributed by atoms with Crippen molar-refractivity contribution < 1.29 is 4.92 Å². The van der Waals surface area contributed by atoms with Crippen LogP contribution in [0.4, 0.5) is 0 Å². The third kappa shape index (κ3) is 1.10. The average molecular weight is 133 g/mol. The van der Waals surface area contributed by atoms with Crippen molar-refractivity contribution in [2.75, 3.05) is 6.54 Å². The monoisotopic (exact) mass is 133 g/mol. The first-order valence-electron chi connectivity index (χ1n) is 2.16. The van der Waals surface area contributed by atoms with Crippen molar-refractivity contribution in [3.8, 4) is 0 Å². The highest BCUT2D eigenvalue weighted by atomic mass is 32.2. The first kappa shape index (κ1) is 5.84. The van der Waals surface area contributed by atoms with E-state index in [1.807, 2.05) is 0 Å². The molecule has 45 valence electrons. The number of nitro groups is 1. The quantitative estimate of drug-likeness (QED) is 0.312. The fraction of sp³-hybridized carbons (Fsp3) is 0.667. The summed E-state index contributed by atoms with van der Waals surface area (Å²) in [4.78, 5) is 9.60. The molecule has 1 heterocycles. The Labute approximate surface area is 50.9 Å². The van der Waals surface area contributed by atoms with Gasteiger partial charge in [-0.05, 0) is 11.9 Å². The summed E-state index contributed by atoms with van der Waals surface area (Å²) < 4.78 is 2.77. The minimum atomic E-state index is -0.532. The molecule has 0 amide bonds. The second-order valence-electron chi connectivity index (χ2n) is 1.38. The van der Waals surface area contributed by atoms with Crippen LogP contribution in [0.5, 0.6) is 0 Å². The molecule has 1 unspecified atom stereocenters. The van der Waals surface area contributed by atoms with E-state index in [1.165, 1.54) is 0 Å². The van der Waals surface area contributed by atoms with E-state index in [-0.39, 0.29) is 4.92 Å². The molecule has 1 fully saturated rings. The van der Waals surface area contributed by atoms with Crippen molar-refractivity contribution in [3.05, 3.63) is 16.5 Å². The summed E-state index contributed by atoms with van der Waals surface area (Å²) in [7, 11) is 0. The zero-order valence-electron chi connectivity index (χ0n) is 4.03. The van der Waals surface area contributed by atoms with Crippen LogP contribution in [-0.2, 0) is 0 Å². The zero-order chi connectivity index (χ0) is 5.98. The van der Waals surface area contributed by atoms with Gasteiger partial charge in [-0.15, -0.1) is 0 Å². The zero-order valence-corrected chi connectivity index (χ0v) is 4.85. The van der Waals surface area contributed by atoms with Gasteiger partial charge < -0.3 is 0 Å². The van der Waals surface area contributed by atoms with Crippen LogP contribution in [0, 0.1) is 16.5 Å². The molecule has 1 saturated heterocycles. The Hall–Kier alpha value is -0.290. The minimum absolute atomic E-state index is 0.315. The Morgan fingerprint density at radius 1 is 2.00 bits per heavy atom. The van der Waals surface area contributed by atoms with Gasteiger partial charge in [0.15, 0.2) is 0 Å². The lowest BCUT2D eigenvalue weighted by molar-refractivity contribution is -0.486. The Morgan fingerprint density at radius 3 is 3.00 bits per heavy atom. The molecule has 1 N–H and O–H groups in total. The van der Waals surface area contributed by atoms with E-state index in [9.17, 15) is 10.1 Å². The number of hydrogen-bond donors (Lipinski definition) is 1. The first-order valence-corrected chi connectivity index (χ1v) is 3.04. The highest BCUT2D eigenvalue weighted by Gasteiger charge is 2.25. The largest absolute Gasteiger partial charge is 0.276 e. The normalized spacial score (nSPS) is 28.2. The van der Waals surface area contributed by atoms with Gasteiger partial charge in [0.05, 0.1) is 6.42 Å². The van der Waals surface area contributed by atoms with Gasteiger partial charge in [0.2, 0.25) is 0 Å². The summed E-state index contributed by atoms with van der Waals surface area (Å²) in [5.74, 6) is 0. The molecule has 0 aliphatic carbocycles. The van der Waals surface area contributed by atoms with Crippen LogP contribution in [0.3, 0.4) is 0 Å². The van der Waals surface area contributed by atoms with Gasteiger partial charge in [-0.2, -0.15) is 0 Å². The Morgan fingerprint density at radius 2 is 2.75 bits per heavy atom. The fourth-order valence-corrected chi connectivity index (χ4v) is 1.10. The molecule has 0 spiro atoms. The van der Waals surface area contributed by atoms with Gasteiger partial charge >= 0.3 is 0 Å². The maximum absolute atomic E-state index is 9.92. The van der Waals surface area contributed by atoms with Crippen LogP contribution in [-0.4, -0.2) is 16.8 Å². The topological polar surface area (TPSA) is 55.2 Å². The van der Waals surface area contributed by atoms with E-state index in [0.717, 1.165) is 11.9 Å². The van der Waals surface area contributed by atoms with Gasteiger partial charge in [0.1, 0.15) is 0 Å².